The van der Waals surface area contributed by atoms with Crippen LogP contribution in [-0.2, 0) is 9.47 Å². The van der Waals surface area contributed by atoms with E-state index in [9.17, 15) is 24.6 Å². The molecule has 0 saturated carbocycles. The van der Waals surface area contributed by atoms with Crippen LogP contribution in [0.5, 0.6) is 0 Å². The smallest absolute Gasteiger partial charge is 0.283 e. The number of benzene rings is 2. The van der Waals surface area contributed by atoms with Crippen LogP contribution in [0.15, 0.2) is 45.3 Å². The van der Waals surface area contributed by atoms with E-state index in [-0.39, 0.29) is 15.8 Å². The Morgan fingerprint density at radius 3 is 1.73 bits per heavy atom. The number of ether oxygens (including phenoxy) is 2. The maximum atomic E-state index is 12.4. The van der Waals surface area contributed by atoms with Gasteiger partial charge in [0.05, 0.1) is 32.0 Å². The van der Waals surface area contributed by atoms with Gasteiger partial charge < -0.3 is 14.4 Å². The van der Waals surface area contributed by atoms with Crippen molar-refractivity contribution >= 4 is 48.9 Å². The van der Waals surface area contributed by atoms with Gasteiger partial charge >= 0.3 is 0 Å². The SMILES string of the molecule is C1CCOCC1.O=[N+]([O-])c1ccc(F)cc1Br.O=[N+]([O-])c1ccc(N2CCOCC2)cc1Br. The van der Waals surface area contributed by atoms with Crippen molar-refractivity contribution in [2.45, 2.75) is 19.3 Å². The molecular weight excluding hydrogens is 569 g/mol. The first-order chi connectivity index (χ1) is 15.8. The Kier molecular flexibility index (Phi) is 11.6. The maximum Gasteiger partial charge on any atom is 0.283 e. The van der Waals surface area contributed by atoms with Crippen LogP contribution in [-0.4, -0.2) is 49.4 Å². The quantitative estimate of drug-likeness (QED) is 0.323. The molecule has 2 saturated heterocycles. The minimum absolute atomic E-state index is 0.0945. The van der Waals surface area contributed by atoms with Crippen molar-refractivity contribution in [3.8, 4) is 0 Å². The number of halogens is 3. The largest absolute Gasteiger partial charge is 0.381 e. The Labute approximate surface area is 207 Å². The molecule has 2 aliphatic rings. The summed E-state index contributed by atoms with van der Waals surface area (Å²) >= 11 is 6.08. The molecule has 2 aromatic carbocycles. The van der Waals surface area contributed by atoms with Crippen LogP contribution in [0.3, 0.4) is 0 Å². The lowest BCUT2D eigenvalue weighted by molar-refractivity contribution is -0.385. The number of hydrogen-bond donors (Lipinski definition) is 0. The van der Waals surface area contributed by atoms with Crippen LogP contribution >= 0.6 is 31.9 Å². The molecule has 33 heavy (non-hydrogen) atoms. The highest BCUT2D eigenvalue weighted by Crippen LogP contribution is 2.29. The van der Waals surface area contributed by atoms with E-state index in [1.165, 1.54) is 25.3 Å². The van der Waals surface area contributed by atoms with Crippen LogP contribution < -0.4 is 4.90 Å². The topological polar surface area (TPSA) is 108 Å². The van der Waals surface area contributed by atoms with E-state index >= 15 is 0 Å². The third-order valence-electron chi connectivity index (χ3n) is 4.69. The molecular formula is C21H24Br2FN3O6. The second-order valence-electron chi connectivity index (χ2n) is 7.02. The van der Waals surface area contributed by atoms with Crippen molar-refractivity contribution < 1.29 is 23.7 Å². The van der Waals surface area contributed by atoms with Crippen molar-refractivity contribution in [3.63, 3.8) is 0 Å². The van der Waals surface area contributed by atoms with Gasteiger partial charge in [-0.2, -0.15) is 0 Å². The Morgan fingerprint density at radius 1 is 0.788 bits per heavy atom. The van der Waals surface area contributed by atoms with Gasteiger partial charge in [-0.15, -0.1) is 0 Å². The van der Waals surface area contributed by atoms with Crippen molar-refractivity contribution in [1.82, 2.24) is 0 Å². The lowest BCUT2D eigenvalue weighted by Crippen LogP contribution is -2.36. The van der Waals surface area contributed by atoms with E-state index in [4.69, 9.17) is 9.47 Å². The second-order valence-corrected chi connectivity index (χ2v) is 8.73. The number of nitrogens with zero attached hydrogens (tertiary/aromatic N) is 3. The summed E-state index contributed by atoms with van der Waals surface area (Å²) in [4.78, 5) is 22.0. The van der Waals surface area contributed by atoms with E-state index < -0.39 is 15.7 Å². The van der Waals surface area contributed by atoms with Gasteiger partial charge in [-0.05, 0) is 75.4 Å². The van der Waals surface area contributed by atoms with E-state index in [0.717, 1.165) is 50.2 Å². The summed E-state index contributed by atoms with van der Waals surface area (Å²) in [6.45, 7) is 5.05. The number of hydrogen-bond acceptors (Lipinski definition) is 7. The van der Waals surface area contributed by atoms with Crippen molar-refractivity contribution in [3.05, 3.63) is 71.4 Å². The highest BCUT2D eigenvalue weighted by molar-refractivity contribution is 9.11. The third-order valence-corrected chi connectivity index (χ3v) is 5.96. The summed E-state index contributed by atoms with van der Waals surface area (Å²) in [6, 6.07) is 8.28. The fraction of sp³-hybridized carbons (Fsp3) is 0.429. The van der Waals surface area contributed by atoms with Gasteiger partial charge in [0.1, 0.15) is 5.82 Å². The van der Waals surface area contributed by atoms with Crippen LogP contribution in [0.1, 0.15) is 19.3 Å². The Morgan fingerprint density at radius 2 is 1.30 bits per heavy atom. The number of nitro groups is 2. The first-order valence-electron chi connectivity index (χ1n) is 10.2. The lowest BCUT2D eigenvalue weighted by Gasteiger charge is -2.28. The second kappa shape index (κ2) is 14.2. The first-order valence-corrected chi connectivity index (χ1v) is 11.8. The third kappa shape index (κ3) is 9.32. The standard InChI is InChI=1S/C10H11BrN2O3.C6H3BrFNO2.C5H10O/c11-9-7-8(1-2-10(9)13(14)15)12-3-5-16-6-4-12;7-5-3-4(8)1-2-6(5)9(10)11;1-2-4-6-5-3-1/h1-2,7H,3-6H2;1-3H;1-5H2. The number of anilines is 1. The van der Waals surface area contributed by atoms with Gasteiger partial charge in [0.2, 0.25) is 0 Å². The predicted molar refractivity (Wildman–Crippen MR) is 129 cm³/mol. The van der Waals surface area contributed by atoms with E-state index in [2.05, 4.69) is 36.8 Å². The minimum Gasteiger partial charge on any atom is -0.381 e. The molecule has 0 spiro atoms. The molecule has 0 unspecified atom stereocenters. The first kappa shape index (κ1) is 27.1. The normalized spacial score (nSPS) is 15.4. The van der Waals surface area contributed by atoms with Gasteiger partial charge in [0.25, 0.3) is 11.4 Å². The lowest BCUT2D eigenvalue weighted by atomic mass is 10.2. The molecule has 0 atom stereocenters. The summed E-state index contributed by atoms with van der Waals surface area (Å²) in [5.41, 5.74) is 0.948. The van der Waals surface area contributed by atoms with Gasteiger partial charge in [-0.25, -0.2) is 4.39 Å². The van der Waals surface area contributed by atoms with Crippen LogP contribution in [0.2, 0.25) is 0 Å². The molecule has 2 aromatic rings. The van der Waals surface area contributed by atoms with Crippen molar-refractivity contribution in [2.24, 2.45) is 0 Å². The van der Waals surface area contributed by atoms with Crippen LogP contribution in [0.25, 0.3) is 0 Å². The summed E-state index contributed by atoms with van der Waals surface area (Å²) < 4.78 is 23.3. The average Bonchev–Trinajstić information content (AvgIpc) is 2.81. The molecule has 0 radical (unpaired) electrons. The zero-order valence-electron chi connectivity index (χ0n) is 17.8. The molecule has 0 aliphatic carbocycles. The number of nitro benzene ring substituents is 2. The molecule has 0 bridgehead atoms. The van der Waals surface area contributed by atoms with Gasteiger partial charge in [0.15, 0.2) is 0 Å². The van der Waals surface area contributed by atoms with E-state index in [1.807, 2.05) is 0 Å². The molecule has 0 amide bonds. The van der Waals surface area contributed by atoms with E-state index in [0.29, 0.717) is 17.7 Å². The zero-order chi connectivity index (χ0) is 24.2. The van der Waals surface area contributed by atoms with Gasteiger partial charge in [-0.3, -0.25) is 20.2 Å². The van der Waals surface area contributed by atoms with Crippen molar-refractivity contribution in [2.75, 3.05) is 44.4 Å². The van der Waals surface area contributed by atoms with Crippen LogP contribution in [0, 0.1) is 26.0 Å². The molecule has 0 N–H and O–H groups in total. The fourth-order valence-electron chi connectivity index (χ4n) is 2.98. The minimum atomic E-state index is -0.580. The molecule has 2 heterocycles. The molecule has 12 heteroatoms. The number of rotatable bonds is 3. The predicted octanol–water partition coefficient (Wildman–Crippen LogP) is 5.88. The fourth-order valence-corrected chi connectivity index (χ4v) is 3.99. The molecule has 9 nitrogen and oxygen atoms in total. The van der Waals surface area contributed by atoms with Gasteiger partial charge in [0, 0.05) is 44.1 Å². The zero-order valence-corrected chi connectivity index (χ0v) is 20.9. The Hall–Kier alpha value is -2.15. The molecule has 0 aromatic heterocycles. The average molecular weight is 593 g/mol. The molecule has 180 valence electrons. The maximum absolute atomic E-state index is 12.4. The highest BCUT2D eigenvalue weighted by Gasteiger charge is 2.16. The van der Waals surface area contributed by atoms with Gasteiger partial charge in [-0.1, -0.05) is 0 Å². The molecule has 2 aliphatic heterocycles. The summed E-state index contributed by atoms with van der Waals surface area (Å²) in [7, 11) is 0. The molecule has 4 rings (SSSR count). The summed E-state index contributed by atoms with van der Waals surface area (Å²) in [5.74, 6) is -0.498. The van der Waals surface area contributed by atoms with Crippen molar-refractivity contribution in [1.29, 1.82) is 0 Å². The number of morpholine rings is 1. The monoisotopic (exact) mass is 591 g/mol. The van der Waals surface area contributed by atoms with E-state index in [1.54, 1.807) is 12.1 Å². The summed E-state index contributed by atoms with van der Waals surface area (Å²) in [5, 5.41) is 20.8. The summed E-state index contributed by atoms with van der Waals surface area (Å²) in [6.07, 6.45) is 3.93. The molecule has 2 fully saturated rings. The highest BCUT2D eigenvalue weighted by atomic mass is 79.9. The Bertz CT molecular complexity index is 929. The van der Waals surface area contributed by atoms with Crippen LogP contribution in [0.4, 0.5) is 21.5 Å². The Balaban J connectivity index is 0.000000195.